The maximum Gasteiger partial charge on any atom is 0.293 e. The van der Waals surface area contributed by atoms with Gasteiger partial charge in [0, 0.05) is 37.9 Å². The summed E-state index contributed by atoms with van der Waals surface area (Å²) in [5, 5.41) is 22.7. The standard InChI is InChI=1S/C14H21N3O4/c1-10(2)16(7-4-8-18)12-6-5-11(14(19)15-3)9-13(12)17(20)21/h5-6,9-10,18H,4,7-8H2,1-3H3,(H,15,19). The topological polar surface area (TPSA) is 95.7 Å². The van der Waals surface area contributed by atoms with Crippen LogP contribution in [0.5, 0.6) is 0 Å². The van der Waals surface area contributed by atoms with Crippen LogP contribution in [-0.4, -0.2) is 42.2 Å². The van der Waals surface area contributed by atoms with E-state index in [1.54, 1.807) is 12.1 Å². The summed E-state index contributed by atoms with van der Waals surface area (Å²) in [4.78, 5) is 24.2. The van der Waals surface area contributed by atoms with Crippen LogP contribution in [0.3, 0.4) is 0 Å². The van der Waals surface area contributed by atoms with Crippen molar-refractivity contribution in [2.45, 2.75) is 26.3 Å². The second kappa shape index (κ2) is 7.58. The molecule has 0 radical (unpaired) electrons. The van der Waals surface area contributed by atoms with E-state index in [4.69, 9.17) is 5.11 Å². The Labute approximate surface area is 123 Å². The number of aliphatic hydroxyl groups excluding tert-OH is 1. The number of nitrogens with zero attached hydrogens (tertiary/aromatic N) is 2. The molecule has 0 aromatic heterocycles. The average Bonchev–Trinajstić information content (AvgIpc) is 2.46. The molecule has 0 fully saturated rings. The Morgan fingerprint density at radius 3 is 2.62 bits per heavy atom. The zero-order valence-corrected chi connectivity index (χ0v) is 12.5. The molecule has 1 amide bonds. The fourth-order valence-electron chi connectivity index (χ4n) is 2.10. The van der Waals surface area contributed by atoms with Crippen LogP contribution < -0.4 is 10.2 Å². The van der Waals surface area contributed by atoms with Crippen LogP contribution in [-0.2, 0) is 0 Å². The third kappa shape index (κ3) is 4.16. The molecule has 116 valence electrons. The zero-order valence-electron chi connectivity index (χ0n) is 12.5. The summed E-state index contributed by atoms with van der Waals surface area (Å²) in [6.45, 7) is 4.38. The molecule has 0 saturated carbocycles. The maximum atomic E-state index is 11.6. The van der Waals surface area contributed by atoms with Gasteiger partial charge in [-0.2, -0.15) is 0 Å². The van der Waals surface area contributed by atoms with Crippen LogP contribution in [0.1, 0.15) is 30.6 Å². The fraction of sp³-hybridized carbons (Fsp3) is 0.500. The van der Waals surface area contributed by atoms with E-state index in [2.05, 4.69) is 5.32 Å². The number of anilines is 1. The highest BCUT2D eigenvalue weighted by atomic mass is 16.6. The van der Waals surface area contributed by atoms with E-state index in [0.717, 1.165) is 0 Å². The summed E-state index contributed by atoms with van der Waals surface area (Å²) < 4.78 is 0. The van der Waals surface area contributed by atoms with Gasteiger partial charge in [-0.3, -0.25) is 14.9 Å². The van der Waals surface area contributed by atoms with Crippen LogP contribution in [0.15, 0.2) is 18.2 Å². The summed E-state index contributed by atoms with van der Waals surface area (Å²) >= 11 is 0. The van der Waals surface area contributed by atoms with Gasteiger partial charge in [0.25, 0.3) is 11.6 Å². The highest BCUT2D eigenvalue weighted by Gasteiger charge is 2.23. The number of rotatable bonds is 7. The minimum absolute atomic E-state index is 0.0212. The minimum Gasteiger partial charge on any atom is -0.396 e. The highest BCUT2D eigenvalue weighted by molar-refractivity contribution is 5.95. The molecular formula is C14H21N3O4. The van der Waals surface area contributed by atoms with Crippen molar-refractivity contribution in [3.8, 4) is 0 Å². The number of nitrogens with one attached hydrogen (secondary N) is 1. The number of nitro groups is 1. The lowest BCUT2D eigenvalue weighted by atomic mass is 10.1. The predicted octanol–water partition coefficient (Wildman–Crippen LogP) is 1.55. The van der Waals surface area contributed by atoms with Crippen molar-refractivity contribution in [1.82, 2.24) is 5.32 Å². The van der Waals surface area contributed by atoms with Gasteiger partial charge < -0.3 is 15.3 Å². The SMILES string of the molecule is CNC(=O)c1ccc(N(CCCO)C(C)C)c([N+](=O)[O-])c1. The van der Waals surface area contributed by atoms with Crippen LogP contribution >= 0.6 is 0 Å². The third-order valence-electron chi connectivity index (χ3n) is 3.15. The van der Waals surface area contributed by atoms with Gasteiger partial charge >= 0.3 is 0 Å². The third-order valence-corrected chi connectivity index (χ3v) is 3.15. The van der Waals surface area contributed by atoms with E-state index >= 15 is 0 Å². The predicted molar refractivity (Wildman–Crippen MR) is 80.7 cm³/mol. The van der Waals surface area contributed by atoms with Crippen LogP contribution in [0.25, 0.3) is 0 Å². The van der Waals surface area contributed by atoms with E-state index in [-0.39, 0.29) is 29.8 Å². The van der Waals surface area contributed by atoms with Gasteiger partial charge in [0.05, 0.1) is 4.92 Å². The van der Waals surface area contributed by atoms with Crippen LogP contribution in [0.4, 0.5) is 11.4 Å². The molecule has 0 unspecified atom stereocenters. The van der Waals surface area contributed by atoms with Gasteiger partial charge in [-0.05, 0) is 32.4 Å². The number of hydrogen-bond acceptors (Lipinski definition) is 5. The van der Waals surface area contributed by atoms with Gasteiger partial charge in [0.15, 0.2) is 0 Å². The lowest BCUT2D eigenvalue weighted by Gasteiger charge is -2.28. The molecule has 1 rings (SSSR count). The van der Waals surface area contributed by atoms with Crippen molar-refractivity contribution in [2.24, 2.45) is 0 Å². The summed E-state index contributed by atoms with van der Waals surface area (Å²) in [7, 11) is 1.48. The Bertz CT molecular complexity index is 517. The summed E-state index contributed by atoms with van der Waals surface area (Å²) in [5.74, 6) is -0.365. The first-order valence-electron chi connectivity index (χ1n) is 6.80. The monoisotopic (exact) mass is 295 g/mol. The number of benzene rings is 1. The molecule has 0 aliphatic rings. The molecule has 0 bridgehead atoms. The summed E-state index contributed by atoms with van der Waals surface area (Å²) in [6, 6.07) is 4.47. The molecule has 2 N–H and O–H groups in total. The number of aliphatic hydroxyl groups is 1. The lowest BCUT2D eigenvalue weighted by Crippen LogP contribution is -2.33. The molecule has 7 heteroatoms. The van der Waals surface area contributed by atoms with Crippen molar-refractivity contribution in [3.63, 3.8) is 0 Å². The average molecular weight is 295 g/mol. The molecule has 0 atom stereocenters. The van der Waals surface area contributed by atoms with Crippen LogP contribution in [0.2, 0.25) is 0 Å². The zero-order chi connectivity index (χ0) is 16.0. The van der Waals surface area contributed by atoms with E-state index in [1.807, 2.05) is 18.7 Å². The quantitative estimate of drug-likeness (QED) is 0.588. The molecule has 0 spiro atoms. The number of carbonyl (C=O) groups excluding carboxylic acids is 1. The second-order valence-corrected chi connectivity index (χ2v) is 4.90. The number of hydrogen-bond donors (Lipinski definition) is 2. The van der Waals surface area contributed by atoms with Crippen molar-refractivity contribution >= 4 is 17.3 Å². The molecule has 0 aliphatic carbocycles. The van der Waals surface area contributed by atoms with Gasteiger partial charge in [0.1, 0.15) is 5.69 Å². The highest BCUT2D eigenvalue weighted by Crippen LogP contribution is 2.30. The summed E-state index contributed by atoms with van der Waals surface area (Å²) in [6.07, 6.45) is 0.520. The Kier molecular flexibility index (Phi) is 6.10. The molecule has 7 nitrogen and oxygen atoms in total. The normalized spacial score (nSPS) is 10.5. The van der Waals surface area contributed by atoms with Crippen molar-refractivity contribution in [1.29, 1.82) is 0 Å². The van der Waals surface area contributed by atoms with Crippen molar-refractivity contribution < 1.29 is 14.8 Å². The Morgan fingerprint density at radius 2 is 2.14 bits per heavy atom. The number of amides is 1. The van der Waals surface area contributed by atoms with Gasteiger partial charge in [-0.25, -0.2) is 0 Å². The molecule has 1 aromatic carbocycles. The first-order valence-corrected chi connectivity index (χ1v) is 6.80. The Balaban J connectivity index is 3.26. The number of nitro benzene ring substituents is 1. The summed E-state index contributed by atoms with van der Waals surface area (Å²) in [5.41, 5.74) is 0.595. The molecular weight excluding hydrogens is 274 g/mol. The van der Waals surface area contributed by atoms with Crippen molar-refractivity contribution in [3.05, 3.63) is 33.9 Å². The first-order chi connectivity index (χ1) is 9.92. The largest absolute Gasteiger partial charge is 0.396 e. The van der Waals surface area contributed by atoms with Gasteiger partial charge in [-0.15, -0.1) is 0 Å². The lowest BCUT2D eigenvalue weighted by molar-refractivity contribution is -0.384. The first kappa shape index (κ1) is 16.9. The van der Waals surface area contributed by atoms with Gasteiger partial charge in [-0.1, -0.05) is 0 Å². The van der Waals surface area contributed by atoms with Crippen LogP contribution in [0, 0.1) is 10.1 Å². The van der Waals surface area contributed by atoms with E-state index in [0.29, 0.717) is 18.7 Å². The molecule has 1 aromatic rings. The van der Waals surface area contributed by atoms with E-state index in [1.165, 1.54) is 13.1 Å². The Hall–Kier alpha value is -2.15. The molecule has 0 saturated heterocycles. The van der Waals surface area contributed by atoms with Gasteiger partial charge in [0.2, 0.25) is 0 Å². The minimum atomic E-state index is -0.490. The van der Waals surface area contributed by atoms with E-state index in [9.17, 15) is 14.9 Å². The van der Waals surface area contributed by atoms with E-state index < -0.39 is 4.92 Å². The molecule has 0 aliphatic heterocycles. The smallest absolute Gasteiger partial charge is 0.293 e. The maximum absolute atomic E-state index is 11.6. The molecule has 21 heavy (non-hydrogen) atoms. The second-order valence-electron chi connectivity index (χ2n) is 4.90. The number of carbonyl (C=O) groups is 1. The van der Waals surface area contributed by atoms with Crippen molar-refractivity contribution in [2.75, 3.05) is 25.1 Å². The Morgan fingerprint density at radius 1 is 1.48 bits per heavy atom. The molecule has 0 heterocycles. The fourth-order valence-corrected chi connectivity index (χ4v) is 2.10.